The van der Waals surface area contributed by atoms with Gasteiger partial charge >= 0.3 is 0 Å². The lowest BCUT2D eigenvalue weighted by atomic mass is 9.97. The summed E-state index contributed by atoms with van der Waals surface area (Å²) < 4.78 is 28.9. The number of halogens is 2. The molecule has 5 rings (SSSR count). The van der Waals surface area contributed by atoms with Gasteiger partial charge in [0.25, 0.3) is 12.3 Å². The molecule has 3 aromatic carbocycles. The molecule has 0 bridgehead atoms. The molecule has 0 spiro atoms. The van der Waals surface area contributed by atoms with Crippen LogP contribution in [0.25, 0.3) is 10.8 Å². The van der Waals surface area contributed by atoms with Crippen LogP contribution in [0.5, 0.6) is 0 Å². The summed E-state index contributed by atoms with van der Waals surface area (Å²) in [5.41, 5.74) is 6.98. The SMILES string of the molecule is O=C(NNC(=S)Nc1cccc2ccccc12)c1cnn2c1N[C@@H](c1ccccc1)C[C@H]2C(F)F. The largest absolute Gasteiger partial charge is 0.363 e. The second kappa shape index (κ2) is 9.67. The number of carbonyl (C=O) groups is 1. The Morgan fingerprint density at radius 1 is 1.03 bits per heavy atom. The fourth-order valence-corrected chi connectivity index (χ4v) is 4.43. The van der Waals surface area contributed by atoms with Crippen LogP contribution in [0.1, 0.15) is 34.4 Å². The van der Waals surface area contributed by atoms with Crippen LogP contribution in [0.2, 0.25) is 0 Å². The maximum absolute atomic E-state index is 13.8. The molecular weight excluding hydrogens is 470 g/mol. The maximum atomic E-state index is 13.8. The molecule has 2 heterocycles. The number of alkyl halides is 2. The third-order valence-corrected chi connectivity index (χ3v) is 6.17. The number of thiocarbonyl (C=S) groups is 1. The van der Waals surface area contributed by atoms with E-state index < -0.39 is 18.4 Å². The minimum atomic E-state index is -2.63. The number of amides is 1. The molecule has 0 fully saturated rings. The van der Waals surface area contributed by atoms with E-state index in [0.717, 1.165) is 22.0 Å². The molecule has 4 N–H and O–H groups in total. The Labute approximate surface area is 205 Å². The molecule has 1 amide bonds. The van der Waals surface area contributed by atoms with E-state index in [2.05, 4.69) is 26.6 Å². The first-order chi connectivity index (χ1) is 17.0. The number of fused-ring (bicyclic) bond motifs is 2. The predicted octanol–water partition coefficient (Wildman–Crippen LogP) is 5.03. The van der Waals surface area contributed by atoms with Gasteiger partial charge in [0, 0.05) is 11.1 Å². The number of hydrogen-bond acceptors (Lipinski definition) is 4. The summed E-state index contributed by atoms with van der Waals surface area (Å²) in [5.74, 6) is -0.315. The number of benzene rings is 3. The van der Waals surface area contributed by atoms with Crippen molar-refractivity contribution in [3.05, 3.63) is 90.1 Å². The monoisotopic (exact) mass is 492 g/mol. The Kier molecular flexibility index (Phi) is 6.28. The third-order valence-electron chi connectivity index (χ3n) is 5.96. The lowest BCUT2D eigenvalue weighted by molar-refractivity contribution is 0.0656. The topological polar surface area (TPSA) is 83.0 Å². The van der Waals surface area contributed by atoms with Crippen molar-refractivity contribution in [3.8, 4) is 0 Å². The van der Waals surface area contributed by atoms with Crippen molar-refractivity contribution in [1.29, 1.82) is 0 Å². The highest BCUT2D eigenvalue weighted by Crippen LogP contribution is 2.39. The molecule has 2 atom stereocenters. The molecule has 1 aromatic heterocycles. The Hall–Kier alpha value is -4.05. The van der Waals surface area contributed by atoms with Crippen LogP contribution in [0.15, 0.2) is 79.0 Å². The van der Waals surface area contributed by atoms with E-state index in [1.165, 1.54) is 10.9 Å². The van der Waals surface area contributed by atoms with Gasteiger partial charge in [-0.25, -0.2) is 13.5 Å². The van der Waals surface area contributed by atoms with E-state index in [9.17, 15) is 13.6 Å². The van der Waals surface area contributed by atoms with Crippen molar-refractivity contribution in [1.82, 2.24) is 20.6 Å². The summed E-state index contributed by atoms with van der Waals surface area (Å²) in [6.45, 7) is 0. The van der Waals surface area contributed by atoms with Crippen LogP contribution in [0.4, 0.5) is 20.3 Å². The first-order valence-electron chi connectivity index (χ1n) is 11.0. The lowest BCUT2D eigenvalue weighted by Gasteiger charge is -2.32. The highest BCUT2D eigenvalue weighted by Gasteiger charge is 2.36. The second-order valence-electron chi connectivity index (χ2n) is 8.16. The number of hydrazine groups is 1. The van der Waals surface area contributed by atoms with Crippen molar-refractivity contribution < 1.29 is 13.6 Å². The number of anilines is 2. The van der Waals surface area contributed by atoms with Gasteiger partial charge in [-0.3, -0.25) is 15.6 Å². The first-order valence-corrected chi connectivity index (χ1v) is 11.4. The highest BCUT2D eigenvalue weighted by molar-refractivity contribution is 7.80. The van der Waals surface area contributed by atoms with Crippen LogP contribution in [0, 0.1) is 0 Å². The predicted molar refractivity (Wildman–Crippen MR) is 135 cm³/mol. The zero-order chi connectivity index (χ0) is 24.4. The summed E-state index contributed by atoms with van der Waals surface area (Å²) >= 11 is 5.33. The van der Waals surface area contributed by atoms with Crippen molar-refractivity contribution in [2.45, 2.75) is 24.9 Å². The van der Waals surface area contributed by atoms with Gasteiger partial charge in [-0.2, -0.15) is 5.10 Å². The number of carbonyl (C=O) groups excluding carboxylic acids is 1. The molecular formula is C25H22F2N6OS. The zero-order valence-corrected chi connectivity index (χ0v) is 19.2. The van der Waals surface area contributed by atoms with E-state index in [1.807, 2.05) is 72.8 Å². The quantitative estimate of drug-likeness (QED) is 0.236. The molecule has 1 aliphatic heterocycles. The van der Waals surface area contributed by atoms with Crippen LogP contribution >= 0.6 is 12.2 Å². The summed E-state index contributed by atoms with van der Waals surface area (Å²) in [7, 11) is 0. The molecule has 0 unspecified atom stereocenters. The van der Waals surface area contributed by atoms with Crippen LogP contribution in [0.3, 0.4) is 0 Å². The van der Waals surface area contributed by atoms with Crippen molar-refractivity contribution >= 4 is 45.5 Å². The summed E-state index contributed by atoms with van der Waals surface area (Å²) in [6.07, 6.45) is -1.20. The number of nitrogens with zero attached hydrogens (tertiary/aromatic N) is 2. The van der Waals surface area contributed by atoms with E-state index in [-0.39, 0.29) is 29.0 Å². The average Bonchev–Trinajstić information content (AvgIpc) is 3.31. The highest BCUT2D eigenvalue weighted by atomic mass is 32.1. The summed E-state index contributed by atoms with van der Waals surface area (Å²) in [4.78, 5) is 12.9. The van der Waals surface area contributed by atoms with Gasteiger partial charge in [-0.15, -0.1) is 0 Å². The number of nitrogens with one attached hydrogen (secondary N) is 4. The number of rotatable bonds is 4. The molecule has 35 heavy (non-hydrogen) atoms. The Bertz CT molecular complexity index is 1370. The standard InChI is InChI=1S/C25H22F2N6OS/c26-22(27)21-13-20(16-8-2-1-3-9-16)29-23-18(14-28-33(21)23)24(34)31-32-25(35)30-19-12-6-10-15-7-4-5-11-17(15)19/h1-12,14,20-22,29H,13H2,(H,31,34)(H2,30,32,35)/t20-,21+/m1/s1. The van der Waals surface area contributed by atoms with E-state index >= 15 is 0 Å². The van der Waals surface area contributed by atoms with Crippen molar-refractivity contribution in [2.75, 3.05) is 10.6 Å². The average molecular weight is 493 g/mol. The molecule has 0 radical (unpaired) electrons. The normalized spacial score (nSPS) is 16.9. The zero-order valence-electron chi connectivity index (χ0n) is 18.4. The first kappa shape index (κ1) is 22.7. The smallest absolute Gasteiger partial charge is 0.275 e. The van der Waals surface area contributed by atoms with Gasteiger partial charge in [0.1, 0.15) is 17.4 Å². The van der Waals surface area contributed by atoms with Crippen LogP contribution in [-0.2, 0) is 0 Å². The van der Waals surface area contributed by atoms with E-state index in [0.29, 0.717) is 0 Å². The summed E-state index contributed by atoms with van der Waals surface area (Å²) in [5, 5.41) is 12.5. The van der Waals surface area contributed by atoms with Gasteiger partial charge in [0.15, 0.2) is 5.11 Å². The Morgan fingerprint density at radius 2 is 1.77 bits per heavy atom. The van der Waals surface area contributed by atoms with Crippen LogP contribution in [-0.4, -0.2) is 27.2 Å². The molecule has 178 valence electrons. The molecule has 7 nitrogen and oxygen atoms in total. The van der Waals surface area contributed by atoms with Gasteiger partial charge in [0.2, 0.25) is 0 Å². The van der Waals surface area contributed by atoms with Crippen molar-refractivity contribution in [3.63, 3.8) is 0 Å². The van der Waals surface area contributed by atoms with Gasteiger partial charge < -0.3 is 10.6 Å². The fraction of sp³-hybridized carbons (Fsp3) is 0.160. The minimum Gasteiger partial charge on any atom is -0.363 e. The molecule has 4 aromatic rings. The van der Waals surface area contributed by atoms with Gasteiger partial charge in [-0.1, -0.05) is 66.7 Å². The lowest BCUT2D eigenvalue weighted by Crippen LogP contribution is -2.44. The summed E-state index contributed by atoms with van der Waals surface area (Å²) in [6, 6.07) is 21.4. The Morgan fingerprint density at radius 3 is 2.57 bits per heavy atom. The number of aromatic nitrogens is 2. The molecule has 0 aliphatic carbocycles. The fourth-order valence-electron chi connectivity index (χ4n) is 4.27. The maximum Gasteiger partial charge on any atom is 0.275 e. The number of hydrogen-bond donors (Lipinski definition) is 4. The van der Waals surface area contributed by atoms with Gasteiger partial charge in [-0.05, 0) is 35.7 Å². The molecule has 1 aliphatic rings. The molecule has 0 saturated carbocycles. The van der Waals surface area contributed by atoms with Gasteiger partial charge in [0.05, 0.1) is 12.2 Å². The van der Waals surface area contributed by atoms with Crippen LogP contribution < -0.4 is 21.5 Å². The Balaban J connectivity index is 1.30. The second-order valence-corrected chi connectivity index (χ2v) is 8.56. The van der Waals surface area contributed by atoms with Crippen molar-refractivity contribution in [2.24, 2.45) is 0 Å². The van der Waals surface area contributed by atoms with E-state index in [1.54, 1.807) is 0 Å². The molecule has 0 saturated heterocycles. The minimum absolute atomic E-state index is 0.136. The molecule has 10 heteroatoms. The third kappa shape index (κ3) is 4.65. The van der Waals surface area contributed by atoms with E-state index in [4.69, 9.17) is 12.2 Å².